The van der Waals surface area contributed by atoms with Crippen LogP contribution in [0.5, 0.6) is 11.5 Å². The summed E-state index contributed by atoms with van der Waals surface area (Å²) in [5.41, 5.74) is 1.19. The number of hydrogen-bond donors (Lipinski definition) is 1. The third-order valence-corrected chi connectivity index (χ3v) is 4.23. The zero-order valence-electron chi connectivity index (χ0n) is 15.5. The average molecular weight is 369 g/mol. The number of unbranched alkanes of at least 4 members (excludes halogenated alkanes) is 1. The predicted octanol–water partition coefficient (Wildman–Crippen LogP) is 2.98. The first-order chi connectivity index (χ1) is 13.1. The summed E-state index contributed by atoms with van der Waals surface area (Å²) < 4.78 is 11.0. The predicted molar refractivity (Wildman–Crippen MR) is 101 cm³/mol. The van der Waals surface area contributed by atoms with E-state index in [2.05, 4.69) is 17.2 Å². The summed E-state index contributed by atoms with van der Waals surface area (Å²) in [6.45, 7) is 3.74. The summed E-state index contributed by atoms with van der Waals surface area (Å²) in [5.74, 6) is 0.727. The molecule has 7 heteroatoms. The van der Waals surface area contributed by atoms with E-state index in [9.17, 15) is 9.59 Å². The van der Waals surface area contributed by atoms with Gasteiger partial charge in [-0.2, -0.15) is 0 Å². The van der Waals surface area contributed by atoms with Gasteiger partial charge in [-0.1, -0.05) is 13.3 Å². The van der Waals surface area contributed by atoms with Gasteiger partial charge in [0.25, 0.3) is 11.8 Å². The molecule has 0 radical (unpaired) electrons. The number of carbonyl (C=O) groups excluding carboxylic acids is 2. The Hall–Kier alpha value is -3.09. The average Bonchev–Trinajstić information content (AvgIpc) is 2.71. The number of fused-ring (bicyclic) bond motifs is 1. The van der Waals surface area contributed by atoms with E-state index in [1.165, 1.54) is 12.3 Å². The number of ether oxygens (including phenoxy) is 2. The van der Waals surface area contributed by atoms with Crippen molar-refractivity contribution < 1.29 is 19.1 Å². The molecule has 1 aromatic heterocycles. The van der Waals surface area contributed by atoms with Crippen LogP contribution < -0.4 is 14.8 Å². The van der Waals surface area contributed by atoms with Crippen molar-refractivity contribution in [1.29, 1.82) is 0 Å². The Labute approximate surface area is 158 Å². The number of carbonyl (C=O) groups is 2. The number of anilines is 1. The van der Waals surface area contributed by atoms with Crippen LogP contribution in [0, 0.1) is 0 Å². The van der Waals surface area contributed by atoms with Gasteiger partial charge >= 0.3 is 0 Å². The molecule has 2 heterocycles. The van der Waals surface area contributed by atoms with Crippen molar-refractivity contribution in [1.82, 2.24) is 9.88 Å². The van der Waals surface area contributed by atoms with Gasteiger partial charge in [0, 0.05) is 37.1 Å². The summed E-state index contributed by atoms with van der Waals surface area (Å²) in [5, 5.41) is 2.78. The van der Waals surface area contributed by atoms with Crippen molar-refractivity contribution >= 4 is 17.5 Å². The van der Waals surface area contributed by atoms with Gasteiger partial charge in [0.1, 0.15) is 18.9 Å². The number of amides is 2. The Morgan fingerprint density at radius 2 is 1.93 bits per heavy atom. The van der Waals surface area contributed by atoms with Gasteiger partial charge < -0.3 is 19.7 Å². The van der Waals surface area contributed by atoms with Gasteiger partial charge in [0.2, 0.25) is 0 Å². The van der Waals surface area contributed by atoms with Crippen LogP contribution in [0.4, 0.5) is 5.69 Å². The van der Waals surface area contributed by atoms with E-state index in [0.717, 1.165) is 12.8 Å². The molecule has 0 saturated heterocycles. The Balaban J connectivity index is 1.71. The fraction of sp³-hybridized carbons (Fsp3) is 0.350. The molecule has 1 aliphatic heterocycles. The van der Waals surface area contributed by atoms with Crippen LogP contribution in [-0.2, 0) is 0 Å². The lowest BCUT2D eigenvalue weighted by Gasteiger charge is -2.19. The van der Waals surface area contributed by atoms with E-state index in [4.69, 9.17) is 9.47 Å². The van der Waals surface area contributed by atoms with Gasteiger partial charge in [-0.05, 0) is 30.7 Å². The zero-order chi connectivity index (χ0) is 19.2. The lowest BCUT2D eigenvalue weighted by molar-refractivity contribution is 0.0793. The molecule has 142 valence electrons. The molecule has 0 aliphatic carbocycles. The van der Waals surface area contributed by atoms with E-state index in [0.29, 0.717) is 42.5 Å². The van der Waals surface area contributed by atoms with Crippen LogP contribution in [0.1, 0.15) is 40.6 Å². The molecule has 0 unspecified atom stereocenters. The third-order valence-electron chi connectivity index (χ3n) is 4.23. The minimum atomic E-state index is -0.391. The normalized spacial score (nSPS) is 12.4. The molecule has 0 spiro atoms. The molecule has 1 aliphatic rings. The Bertz CT molecular complexity index is 838. The fourth-order valence-electron chi connectivity index (χ4n) is 2.72. The van der Waals surface area contributed by atoms with Crippen molar-refractivity contribution in [2.45, 2.75) is 19.8 Å². The van der Waals surface area contributed by atoms with E-state index in [-0.39, 0.29) is 11.6 Å². The maximum Gasteiger partial charge on any atom is 0.274 e. The van der Waals surface area contributed by atoms with Crippen LogP contribution in [0.2, 0.25) is 0 Å². The fourth-order valence-corrected chi connectivity index (χ4v) is 2.72. The van der Waals surface area contributed by atoms with Gasteiger partial charge in [0.05, 0.1) is 0 Å². The summed E-state index contributed by atoms with van der Waals surface area (Å²) in [4.78, 5) is 30.8. The lowest BCUT2D eigenvalue weighted by Crippen LogP contribution is -2.28. The highest BCUT2D eigenvalue weighted by atomic mass is 16.6. The Kier molecular flexibility index (Phi) is 5.90. The second-order valence-corrected chi connectivity index (χ2v) is 6.32. The lowest BCUT2D eigenvalue weighted by atomic mass is 10.2. The molecule has 2 aromatic rings. The monoisotopic (exact) mass is 369 g/mol. The van der Waals surface area contributed by atoms with Crippen molar-refractivity contribution in [2.75, 3.05) is 32.1 Å². The smallest absolute Gasteiger partial charge is 0.274 e. The highest BCUT2D eigenvalue weighted by Crippen LogP contribution is 2.32. The summed E-state index contributed by atoms with van der Waals surface area (Å²) in [6.07, 6.45) is 3.42. The number of rotatable bonds is 6. The van der Waals surface area contributed by atoms with Gasteiger partial charge in [-0.3, -0.25) is 14.6 Å². The first-order valence-electron chi connectivity index (χ1n) is 9.01. The molecule has 7 nitrogen and oxygen atoms in total. The molecule has 1 aromatic carbocycles. The minimum absolute atomic E-state index is 0.126. The number of nitrogens with one attached hydrogen (secondary N) is 1. The van der Waals surface area contributed by atoms with Gasteiger partial charge in [0.15, 0.2) is 11.5 Å². The number of benzene rings is 1. The molecule has 3 rings (SSSR count). The van der Waals surface area contributed by atoms with Crippen molar-refractivity contribution in [3.63, 3.8) is 0 Å². The number of hydrogen-bond acceptors (Lipinski definition) is 5. The van der Waals surface area contributed by atoms with Crippen LogP contribution in [0.3, 0.4) is 0 Å². The van der Waals surface area contributed by atoms with Crippen LogP contribution >= 0.6 is 0 Å². The zero-order valence-corrected chi connectivity index (χ0v) is 15.5. The second-order valence-electron chi connectivity index (χ2n) is 6.32. The molecular weight excluding hydrogens is 346 g/mol. The summed E-state index contributed by atoms with van der Waals surface area (Å²) in [6, 6.07) is 8.32. The van der Waals surface area contributed by atoms with Crippen LogP contribution in [0.25, 0.3) is 0 Å². The van der Waals surface area contributed by atoms with Gasteiger partial charge in [-0.25, -0.2) is 0 Å². The summed E-state index contributed by atoms with van der Waals surface area (Å²) in [7, 11) is 1.76. The topological polar surface area (TPSA) is 80.8 Å². The molecule has 0 atom stereocenters. The standard InChI is InChI=1S/C20H23N3O4/c1-3-4-9-23(2)20(25)14-7-8-21-16(12-14)19(24)22-15-5-6-17-18(13-15)27-11-10-26-17/h5-8,12-13H,3-4,9-11H2,1-2H3,(H,22,24). The third kappa shape index (κ3) is 4.55. The SMILES string of the molecule is CCCCN(C)C(=O)c1ccnc(C(=O)Nc2ccc3c(c2)OCCO3)c1. The maximum atomic E-state index is 12.5. The molecular formula is C20H23N3O4. The Morgan fingerprint density at radius 3 is 2.70 bits per heavy atom. The largest absolute Gasteiger partial charge is 0.486 e. The second kappa shape index (κ2) is 8.53. The van der Waals surface area contributed by atoms with E-state index in [1.807, 2.05) is 0 Å². The number of pyridine rings is 1. The van der Waals surface area contributed by atoms with Crippen LogP contribution in [-0.4, -0.2) is 48.5 Å². The molecule has 0 fully saturated rings. The summed E-state index contributed by atoms with van der Waals surface area (Å²) >= 11 is 0. The van der Waals surface area contributed by atoms with Crippen molar-refractivity contribution in [3.8, 4) is 11.5 Å². The number of nitrogens with zero attached hydrogens (tertiary/aromatic N) is 2. The quantitative estimate of drug-likeness (QED) is 0.847. The minimum Gasteiger partial charge on any atom is -0.486 e. The Morgan fingerprint density at radius 1 is 1.15 bits per heavy atom. The molecule has 1 N–H and O–H groups in total. The van der Waals surface area contributed by atoms with Crippen molar-refractivity contribution in [2.24, 2.45) is 0 Å². The molecule has 0 bridgehead atoms. The van der Waals surface area contributed by atoms with Crippen LogP contribution in [0.15, 0.2) is 36.5 Å². The van der Waals surface area contributed by atoms with E-state index < -0.39 is 5.91 Å². The molecule has 0 saturated carbocycles. The van der Waals surface area contributed by atoms with E-state index in [1.54, 1.807) is 36.2 Å². The maximum absolute atomic E-state index is 12.5. The highest BCUT2D eigenvalue weighted by molar-refractivity contribution is 6.04. The molecule has 27 heavy (non-hydrogen) atoms. The van der Waals surface area contributed by atoms with Crippen molar-refractivity contribution in [3.05, 3.63) is 47.8 Å². The highest BCUT2D eigenvalue weighted by Gasteiger charge is 2.16. The van der Waals surface area contributed by atoms with E-state index >= 15 is 0 Å². The number of aromatic nitrogens is 1. The first-order valence-corrected chi connectivity index (χ1v) is 9.01. The first kappa shape index (κ1) is 18.7. The molecule has 2 amide bonds. The van der Waals surface area contributed by atoms with Gasteiger partial charge in [-0.15, -0.1) is 0 Å².